The van der Waals surface area contributed by atoms with Gasteiger partial charge in [0.05, 0.1) is 23.4 Å². The summed E-state index contributed by atoms with van der Waals surface area (Å²) in [6, 6.07) is 27.2. The average molecular weight is 587 g/mol. The molecule has 0 radical (unpaired) electrons. The molecule has 0 bridgehead atoms. The van der Waals surface area contributed by atoms with Crippen molar-refractivity contribution in [3.63, 3.8) is 0 Å². The summed E-state index contributed by atoms with van der Waals surface area (Å²) in [5.41, 5.74) is 3.67. The van der Waals surface area contributed by atoms with Crippen LogP contribution in [0.3, 0.4) is 0 Å². The molecule has 3 aromatic carbocycles. The first-order valence-corrected chi connectivity index (χ1v) is 16.9. The lowest BCUT2D eigenvalue weighted by atomic mass is 9.88. The molecule has 0 heterocycles. The number of benzene rings is 3. The third-order valence-electron chi connectivity index (χ3n) is 8.37. The molecule has 0 aliphatic heterocycles. The van der Waals surface area contributed by atoms with Crippen LogP contribution in [0.2, 0.25) is 0 Å². The molecule has 0 saturated carbocycles. The van der Waals surface area contributed by atoms with Crippen LogP contribution < -0.4 is 0 Å². The summed E-state index contributed by atoms with van der Waals surface area (Å²) in [5, 5.41) is 11.1. The maximum atomic E-state index is 11.1. The molecule has 3 heteroatoms. The highest BCUT2D eigenvalue weighted by Crippen LogP contribution is 2.37. The molecule has 3 nitrogen and oxygen atoms in total. The highest BCUT2D eigenvalue weighted by Gasteiger charge is 2.30. The summed E-state index contributed by atoms with van der Waals surface area (Å²) in [4.78, 5) is 0. The Hall–Kier alpha value is -2.62. The molecule has 0 spiro atoms. The Morgan fingerprint density at radius 2 is 1.02 bits per heavy atom. The molecule has 0 aliphatic carbocycles. The first-order valence-electron chi connectivity index (χ1n) is 16.9. The van der Waals surface area contributed by atoms with Gasteiger partial charge in [0.1, 0.15) is 5.75 Å². The minimum Gasteiger partial charge on any atom is -0.508 e. The predicted molar refractivity (Wildman–Crippen MR) is 182 cm³/mol. The van der Waals surface area contributed by atoms with Gasteiger partial charge in [-0.25, -0.2) is 0 Å². The number of phenols is 1. The first kappa shape index (κ1) is 34.9. The fraction of sp³-hybridized carbons (Fsp3) is 0.550. The third-order valence-corrected chi connectivity index (χ3v) is 8.37. The van der Waals surface area contributed by atoms with Gasteiger partial charge >= 0.3 is 0 Å². The maximum absolute atomic E-state index is 11.1. The molecule has 0 amide bonds. The Balaban J connectivity index is 1.77. The normalized spacial score (nSPS) is 13.6. The summed E-state index contributed by atoms with van der Waals surface area (Å²) < 4.78 is 13.8. The summed E-state index contributed by atoms with van der Waals surface area (Å²) in [6.07, 6.45) is 13.2. The van der Waals surface area contributed by atoms with Gasteiger partial charge in [-0.15, -0.1) is 0 Å². The van der Waals surface area contributed by atoms with E-state index >= 15 is 0 Å². The molecule has 2 atom stereocenters. The zero-order valence-corrected chi connectivity index (χ0v) is 27.9. The number of phenolic OH excluding ortho intramolecular Hbond substituents is 1. The highest BCUT2D eigenvalue weighted by molar-refractivity contribution is 5.41. The van der Waals surface area contributed by atoms with Gasteiger partial charge in [-0.05, 0) is 68.9 Å². The van der Waals surface area contributed by atoms with Gasteiger partial charge in [0.25, 0.3) is 0 Å². The van der Waals surface area contributed by atoms with E-state index in [1.807, 2.05) is 12.1 Å². The van der Waals surface area contributed by atoms with Crippen molar-refractivity contribution in [1.29, 1.82) is 0 Å². The van der Waals surface area contributed by atoms with Crippen molar-refractivity contribution in [3.05, 3.63) is 101 Å². The second-order valence-electron chi connectivity index (χ2n) is 13.5. The van der Waals surface area contributed by atoms with Crippen LogP contribution in [0, 0.1) is 0 Å². The standard InChI is InChI=1S/C40H58O3/c1-7-9-11-19-28-37(32-22-15-13-16-23-32)42-39(3,4)30-34-26-21-27-36(41)35(34)31-40(5,6)43-38(29-20-12-10-8-2)33-24-17-14-18-25-33/h13-18,21-27,37-38,41H,7-12,19-20,28-31H2,1-6H3. The number of unbranched alkanes of at least 4 members (excludes halogenated alkanes) is 6. The van der Waals surface area contributed by atoms with Gasteiger partial charge in [0.2, 0.25) is 0 Å². The van der Waals surface area contributed by atoms with E-state index in [1.54, 1.807) is 0 Å². The lowest BCUT2D eigenvalue weighted by Gasteiger charge is -2.34. The number of aromatic hydroxyl groups is 1. The predicted octanol–water partition coefficient (Wildman–Crippen LogP) is 11.5. The Labute approximate surface area is 263 Å². The second-order valence-corrected chi connectivity index (χ2v) is 13.5. The van der Waals surface area contributed by atoms with E-state index in [9.17, 15) is 5.11 Å². The fourth-order valence-corrected chi connectivity index (χ4v) is 6.16. The van der Waals surface area contributed by atoms with E-state index in [0.29, 0.717) is 18.6 Å². The van der Waals surface area contributed by atoms with Gasteiger partial charge in [0.15, 0.2) is 0 Å². The van der Waals surface area contributed by atoms with Crippen LogP contribution in [-0.2, 0) is 22.3 Å². The van der Waals surface area contributed by atoms with Gasteiger partial charge < -0.3 is 14.6 Å². The average Bonchev–Trinajstić information content (AvgIpc) is 2.99. The number of hydrogen-bond donors (Lipinski definition) is 1. The van der Waals surface area contributed by atoms with Crippen LogP contribution in [0.25, 0.3) is 0 Å². The molecular weight excluding hydrogens is 528 g/mol. The molecule has 0 aliphatic rings. The summed E-state index contributed by atoms with van der Waals surface area (Å²) >= 11 is 0. The molecule has 0 aromatic heterocycles. The topological polar surface area (TPSA) is 38.7 Å². The zero-order valence-electron chi connectivity index (χ0n) is 27.9. The van der Waals surface area contributed by atoms with Crippen LogP contribution >= 0.6 is 0 Å². The van der Waals surface area contributed by atoms with Crippen molar-refractivity contribution < 1.29 is 14.6 Å². The van der Waals surface area contributed by atoms with Crippen molar-refractivity contribution in [1.82, 2.24) is 0 Å². The van der Waals surface area contributed by atoms with Crippen LogP contribution in [0.5, 0.6) is 5.75 Å². The second kappa shape index (κ2) is 17.6. The smallest absolute Gasteiger partial charge is 0.119 e. The zero-order chi connectivity index (χ0) is 31.1. The van der Waals surface area contributed by atoms with Crippen LogP contribution in [0.4, 0.5) is 0 Å². The molecule has 2 unspecified atom stereocenters. The summed E-state index contributed by atoms with van der Waals surface area (Å²) in [5.74, 6) is 0.336. The highest BCUT2D eigenvalue weighted by atomic mass is 16.5. The maximum Gasteiger partial charge on any atom is 0.119 e. The minimum absolute atomic E-state index is 0.0291. The van der Waals surface area contributed by atoms with E-state index in [4.69, 9.17) is 9.47 Å². The Kier molecular flexibility index (Phi) is 14.3. The monoisotopic (exact) mass is 586 g/mol. The van der Waals surface area contributed by atoms with E-state index in [1.165, 1.54) is 49.7 Å². The Morgan fingerprint density at radius 1 is 0.558 bits per heavy atom. The van der Waals surface area contributed by atoms with Crippen molar-refractivity contribution in [2.45, 2.75) is 142 Å². The van der Waals surface area contributed by atoms with Crippen molar-refractivity contribution in [2.75, 3.05) is 0 Å². The molecule has 3 rings (SSSR count). The van der Waals surface area contributed by atoms with E-state index in [2.05, 4.69) is 108 Å². The van der Waals surface area contributed by atoms with Gasteiger partial charge in [-0.3, -0.25) is 0 Å². The Morgan fingerprint density at radius 3 is 1.49 bits per heavy atom. The summed E-state index contributed by atoms with van der Waals surface area (Å²) in [7, 11) is 0. The lowest BCUT2D eigenvalue weighted by molar-refractivity contribution is -0.0806. The van der Waals surface area contributed by atoms with E-state index in [0.717, 1.165) is 36.8 Å². The van der Waals surface area contributed by atoms with Crippen molar-refractivity contribution in [3.8, 4) is 5.75 Å². The molecular formula is C40H58O3. The number of ether oxygens (including phenoxy) is 2. The van der Waals surface area contributed by atoms with Crippen molar-refractivity contribution >= 4 is 0 Å². The molecule has 3 aromatic rings. The van der Waals surface area contributed by atoms with E-state index in [-0.39, 0.29) is 12.2 Å². The molecule has 0 saturated heterocycles. The van der Waals surface area contributed by atoms with Crippen LogP contribution in [0.1, 0.15) is 140 Å². The van der Waals surface area contributed by atoms with Gasteiger partial charge in [0, 0.05) is 12.8 Å². The van der Waals surface area contributed by atoms with Crippen molar-refractivity contribution in [2.24, 2.45) is 0 Å². The number of hydrogen-bond acceptors (Lipinski definition) is 3. The Bertz CT molecular complexity index is 1170. The third kappa shape index (κ3) is 12.1. The fourth-order valence-electron chi connectivity index (χ4n) is 6.16. The molecule has 0 fully saturated rings. The van der Waals surface area contributed by atoms with Crippen LogP contribution in [-0.4, -0.2) is 16.3 Å². The van der Waals surface area contributed by atoms with Crippen LogP contribution in [0.15, 0.2) is 78.9 Å². The SMILES string of the molecule is CCCCCCC(OC(C)(C)Cc1cccc(O)c1CC(C)(C)OC(CCCCCC)c1ccccc1)c1ccccc1. The largest absolute Gasteiger partial charge is 0.508 e. The minimum atomic E-state index is -0.463. The first-order chi connectivity index (χ1) is 20.6. The lowest BCUT2D eigenvalue weighted by Crippen LogP contribution is -2.32. The van der Waals surface area contributed by atoms with E-state index < -0.39 is 11.2 Å². The molecule has 236 valence electrons. The molecule has 1 N–H and O–H groups in total. The number of rotatable bonds is 20. The van der Waals surface area contributed by atoms with Gasteiger partial charge in [-0.1, -0.05) is 138 Å². The van der Waals surface area contributed by atoms with Gasteiger partial charge in [-0.2, -0.15) is 0 Å². The molecule has 43 heavy (non-hydrogen) atoms. The summed E-state index contributed by atoms with van der Waals surface area (Å²) in [6.45, 7) is 13.2. The quantitative estimate of drug-likeness (QED) is 0.134.